The molecule has 1 aromatic rings. The normalized spacial score (nSPS) is 13.0. The van der Waals surface area contributed by atoms with Crippen LogP contribution >= 0.6 is 69.6 Å². The number of benzene rings is 1. The van der Waals surface area contributed by atoms with Gasteiger partial charge in [0.25, 0.3) is 0 Å². The van der Waals surface area contributed by atoms with E-state index in [0.717, 1.165) is 0 Å². The van der Waals surface area contributed by atoms with Crippen molar-refractivity contribution in [1.29, 1.82) is 0 Å². The second-order valence-electron chi connectivity index (χ2n) is 6.24. The van der Waals surface area contributed by atoms with E-state index < -0.39 is 29.0 Å². The van der Waals surface area contributed by atoms with Gasteiger partial charge in [0.05, 0.1) is 0 Å². The fraction of sp³-hybridized carbons (Fsp3) is 0.625. The Morgan fingerprint density at radius 1 is 0.778 bits per heavy atom. The molecule has 0 fully saturated rings. The third-order valence-corrected chi connectivity index (χ3v) is 6.03. The Kier molecular flexibility index (Phi) is 11.4. The smallest absolute Gasteiger partial charge is 0.480 e. The van der Waals surface area contributed by atoms with Crippen molar-refractivity contribution in [3.05, 3.63) is 29.8 Å². The number of hydrogen-bond donors (Lipinski definition) is 3. The first-order valence-electron chi connectivity index (χ1n) is 8.25. The van der Waals surface area contributed by atoms with Crippen molar-refractivity contribution in [1.82, 2.24) is 0 Å². The van der Waals surface area contributed by atoms with Gasteiger partial charge in [-0.1, -0.05) is 18.2 Å². The second kappa shape index (κ2) is 11.9. The van der Waals surface area contributed by atoms with Crippen LogP contribution in [0.2, 0.25) is 0 Å². The molecule has 0 aliphatic heterocycles. The molecular formula is C16H22Cl6O4Si. The molecule has 1 rings (SSSR count). The van der Waals surface area contributed by atoms with Gasteiger partial charge in [-0.05, 0) is 55.6 Å². The number of halogens is 6. The Balaban J connectivity index is 3.38. The summed E-state index contributed by atoms with van der Waals surface area (Å²) in [5.74, 6) is 0.152. The lowest BCUT2D eigenvalue weighted by Crippen LogP contribution is -2.43. The third kappa shape index (κ3) is 9.94. The highest BCUT2D eigenvalue weighted by Gasteiger charge is 2.39. The van der Waals surface area contributed by atoms with Gasteiger partial charge in [-0.15, -0.1) is 69.6 Å². The Labute approximate surface area is 190 Å². The Bertz CT molecular complexity index is 537. The largest absolute Gasteiger partial charge is 0.741 e. The summed E-state index contributed by atoms with van der Waals surface area (Å²) in [6, 6.07) is 6.77. The Morgan fingerprint density at radius 3 is 1.56 bits per heavy atom. The van der Waals surface area contributed by atoms with Crippen LogP contribution in [0.4, 0.5) is 0 Å². The SMILES string of the molecule is O[Si](O)(O)Oc1ccccc1C(CCC(Cl)Cl)(CCC(Cl)Cl)CCC(Cl)Cl. The zero-order chi connectivity index (χ0) is 20.7. The van der Waals surface area contributed by atoms with Crippen molar-refractivity contribution in [3.8, 4) is 5.75 Å². The molecule has 0 atom stereocenters. The standard InChI is InChI=1S/C16H22Cl6O4Si/c17-13(18)5-8-16(9-6-14(19)20,10-7-15(21)22)11-3-1-2-4-12(11)26-27(23,24)25/h1-4,13-15,23-25H,5-10H2. The average molecular weight is 519 g/mol. The van der Waals surface area contributed by atoms with E-state index in [2.05, 4.69) is 0 Å². The van der Waals surface area contributed by atoms with Crippen molar-refractivity contribution in [2.75, 3.05) is 0 Å². The summed E-state index contributed by atoms with van der Waals surface area (Å²) in [5.41, 5.74) is 0.0541. The lowest BCUT2D eigenvalue weighted by molar-refractivity contribution is 0.126. The number of para-hydroxylation sites is 1. The molecule has 0 aliphatic rings. The van der Waals surface area contributed by atoms with E-state index in [0.29, 0.717) is 44.1 Å². The fourth-order valence-corrected chi connectivity index (χ4v) is 4.20. The van der Waals surface area contributed by atoms with Crippen LogP contribution in [0.5, 0.6) is 5.75 Å². The highest BCUT2D eigenvalue weighted by Crippen LogP contribution is 2.45. The molecule has 0 bridgehead atoms. The summed E-state index contributed by atoms with van der Waals surface area (Å²) in [6.45, 7) is 0. The molecule has 0 heterocycles. The molecular weight excluding hydrogens is 497 g/mol. The molecule has 0 amide bonds. The van der Waals surface area contributed by atoms with E-state index in [9.17, 15) is 14.4 Å². The molecule has 0 unspecified atom stereocenters. The van der Waals surface area contributed by atoms with Gasteiger partial charge < -0.3 is 18.8 Å². The monoisotopic (exact) mass is 516 g/mol. The Hall–Kier alpha value is 0.857. The van der Waals surface area contributed by atoms with Crippen molar-refractivity contribution in [2.45, 2.75) is 58.4 Å². The van der Waals surface area contributed by atoms with Crippen LogP contribution in [0, 0.1) is 0 Å². The average Bonchev–Trinajstić information content (AvgIpc) is 2.53. The predicted molar refractivity (Wildman–Crippen MR) is 115 cm³/mol. The topological polar surface area (TPSA) is 69.9 Å². The van der Waals surface area contributed by atoms with E-state index in [-0.39, 0.29) is 5.75 Å². The van der Waals surface area contributed by atoms with E-state index in [1.807, 2.05) is 0 Å². The van der Waals surface area contributed by atoms with Crippen LogP contribution in [0.25, 0.3) is 0 Å². The Morgan fingerprint density at radius 2 is 1.19 bits per heavy atom. The zero-order valence-corrected chi connectivity index (χ0v) is 19.8. The lowest BCUT2D eigenvalue weighted by Gasteiger charge is -2.37. The van der Waals surface area contributed by atoms with Crippen molar-refractivity contribution < 1.29 is 18.8 Å². The first kappa shape index (κ1) is 25.9. The van der Waals surface area contributed by atoms with Crippen molar-refractivity contribution in [3.63, 3.8) is 0 Å². The maximum Gasteiger partial charge on any atom is 0.741 e. The quantitative estimate of drug-likeness (QED) is 0.253. The minimum atomic E-state index is -4.80. The lowest BCUT2D eigenvalue weighted by atomic mass is 9.70. The minimum Gasteiger partial charge on any atom is -0.480 e. The summed E-state index contributed by atoms with van der Waals surface area (Å²) < 4.78 is 5.07. The molecule has 0 saturated heterocycles. The summed E-state index contributed by atoms with van der Waals surface area (Å²) in [5, 5.41) is 0. The molecule has 0 aromatic heterocycles. The van der Waals surface area contributed by atoms with Gasteiger partial charge in [-0.3, -0.25) is 0 Å². The number of hydrogen-bond acceptors (Lipinski definition) is 4. The van der Waals surface area contributed by atoms with Crippen LogP contribution < -0.4 is 4.43 Å². The van der Waals surface area contributed by atoms with Crippen LogP contribution in [-0.2, 0) is 5.41 Å². The fourth-order valence-electron chi connectivity index (χ4n) is 3.08. The van der Waals surface area contributed by atoms with Crippen molar-refractivity contribution >= 4 is 78.7 Å². The van der Waals surface area contributed by atoms with Crippen LogP contribution in [0.3, 0.4) is 0 Å². The van der Waals surface area contributed by atoms with Gasteiger partial charge in [-0.2, -0.15) is 0 Å². The zero-order valence-electron chi connectivity index (χ0n) is 14.3. The van der Waals surface area contributed by atoms with Crippen LogP contribution in [-0.4, -0.2) is 37.9 Å². The van der Waals surface area contributed by atoms with Gasteiger partial charge in [0.15, 0.2) is 0 Å². The molecule has 0 saturated carbocycles. The molecule has 1 aromatic carbocycles. The predicted octanol–water partition coefficient (Wildman–Crippen LogP) is 5.47. The van der Waals surface area contributed by atoms with Gasteiger partial charge in [-0.25, -0.2) is 0 Å². The molecule has 156 valence electrons. The van der Waals surface area contributed by atoms with Gasteiger partial charge in [0, 0.05) is 0 Å². The molecule has 4 nitrogen and oxygen atoms in total. The third-order valence-electron chi connectivity index (χ3n) is 4.23. The molecule has 27 heavy (non-hydrogen) atoms. The van der Waals surface area contributed by atoms with E-state index >= 15 is 0 Å². The highest BCUT2D eigenvalue weighted by atomic mass is 35.5. The van der Waals surface area contributed by atoms with E-state index in [1.54, 1.807) is 24.3 Å². The minimum absolute atomic E-state index is 0.152. The number of alkyl halides is 6. The maximum atomic E-state index is 9.42. The van der Waals surface area contributed by atoms with Crippen molar-refractivity contribution in [2.24, 2.45) is 0 Å². The first-order chi connectivity index (χ1) is 12.4. The van der Waals surface area contributed by atoms with Gasteiger partial charge >= 0.3 is 9.05 Å². The van der Waals surface area contributed by atoms with E-state index in [4.69, 9.17) is 74.0 Å². The summed E-state index contributed by atoms with van der Waals surface area (Å²) >= 11 is 35.8. The highest BCUT2D eigenvalue weighted by molar-refractivity contribution is 6.49. The molecule has 11 heteroatoms. The maximum absolute atomic E-state index is 9.42. The summed E-state index contributed by atoms with van der Waals surface area (Å²) in [6.07, 6.45) is 2.97. The molecule has 0 aliphatic carbocycles. The molecule has 0 radical (unpaired) electrons. The van der Waals surface area contributed by atoms with Crippen LogP contribution in [0.15, 0.2) is 24.3 Å². The summed E-state index contributed by atoms with van der Waals surface area (Å²) in [4.78, 5) is 26.5. The van der Waals surface area contributed by atoms with Crippen LogP contribution in [0.1, 0.15) is 44.1 Å². The first-order valence-corrected chi connectivity index (χ1v) is 12.6. The van der Waals surface area contributed by atoms with Gasteiger partial charge in [0.2, 0.25) is 0 Å². The van der Waals surface area contributed by atoms with E-state index in [1.165, 1.54) is 0 Å². The molecule has 0 spiro atoms. The van der Waals surface area contributed by atoms with Gasteiger partial charge in [0.1, 0.15) is 20.3 Å². The summed E-state index contributed by atoms with van der Waals surface area (Å²) in [7, 11) is -4.80. The molecule has 3 N–H and O–H groups in total. The number of rotatable bonds is 12. The second-order valence-corrected chi connectivity index (χ2v) is 11.4.